The first-order valence-electron chi connectivity index (χ1n) is 13.1. The Morgan fingerprint density at radius 1 is 0.935 bits per heavy atom. The number of alkyl halides is 2. The number of rotatable bonds is 5. The van der Waals surface area contributed by atoms with Gasteiger partial charge in [0.05, 0.1) is 6.10 Å². The Morgan fingerprint density at radius 2 is 1.58 bits per heavy atom. The van der Waals surface area contributed by atoms with E-state index < -0.39 is 11.5 Å². The monoisotopic (exact) mass is 440 g/mol. The minimum Gasteiger partial charge on any atom is -0.393 e. The molecule has 0 radical (unpaired) electrons. The Hall–Kier alpha value is -0.220. The van der Waals surface area contributed by atoms with Crippen molar-refractivity contribution < 1.29 is 19.0 Å². The van der Waals surface area contributed by atoms with Gasteiger partial charge in [0.15, 0.2) is 0 Å². The quantitative estimate of drug-likeness (QED) is 0.492. The predicted molar refractivity (Wildman–Crippen MR) is 121 cm³/mol. The van der Waals surface area contributed by atoms with Crippen LogP contribution in [0.2, 0.25) is 0 Å². The van der Waals surface area contributed by atoms with Crippen molar-refractivity contribution in [2.24, 2.45) is 46.3 Å². The van der Waals surface area contributed by atoms with Crippen molar-refractivity contribution in [1.82, 2.24) is 0 Å². The van der Waals surface area contributed by atoms with E-state index in [9.17, 15) is 19.0 Å². The number of halogens is 2. The van der Waals surface area contributed by atoms with Crippen molar-refractivity contribution in [3.05, 3.63) is 0 Å². The number of hydrogen-bond acceptors (Lipinski definition) is 2. The van der Waals surface area contributed by atoms with E-state index in [0.717, 1.165) is 30.6 Å². The van der Waals surface area contributed by atoms with Crippen molar-refractivity contribution in [3.63, 3.8) is 0 Å². The summed E-state index contributed by atoms with van der Waals surface area (Å²) in [6, 6.07) is 0. The average Bonchev–Trinajstić information content (AvgIpc) is 3.03. The molecule has 4 heteroatoms. The number of aliphatic hydroxyl groups excluding tert-OH is 1. The maximum atomic E-state index is 14.4. The fourth-order valence-corrected chi connectivity index (χ4v) is 9.13. The standard InChI is InChI=1S/C27H46F2O2/c1-17(10-15-27(28,29)24(2,3)31)21-8-9-22-20-7-6-18-16-19(30)11-13-25(18,4)23(20)12-14-26(21,22)5/h17-23,30-31H,6-16H2,1-5H3/t17-,18+,19+,20+,21-,22+,23+,25+,26-/m1/s1. The molecule has 0 amide bonds. The lowest BCUT2D eigenvalue weighted by atomic mass is 9.44. The van der Waals surface area contributed by atoms with Crippen molar-refractivity contribution in [1.29, 1.82) is 0 Å². The van der Waals surface area contributed by atoms with E-state index in [-0.39, 0.29) is 23.9 Å². The van der Waals surface area contributed by atoms with E-state index in [1.165, 1.54) is 58.8 Å². The molecule has 0 aliphatic heterocycles. The average molecular weight is 441 g/mol. The molecule has 0 unspecified atom stereocenters. The van der Waals surface area contributed by atoms with E-state index in [0.29, 0.717) is 23.7 Å². The molecule has 2 N–H and O–H groups in total. The van der Waals surface area contributed by atoms with Crippen molar-refractivity contribution in [2.75, 3.05) is 0 Å². The Bertz CT molecular complexity index is 658. The van der Waals surface area contributed by atoms with E-state index >= 15 is 0 Å². The van der Waals surface area contributed by atoms with Gasteiger partial charge >= 0.3 is 0 Å². The van der Waals surface area contributed by atoms with E-state index in [4.69, 9.17) is 0 Å². The Balaban J connectivity index is 1.46. The number of fused-ring (bicyclic) bond motifs is 5. The highest BCUT2D eigenvalue weighted by Gasteiger charge is 2.60. The third-order valence-corrected chi connectivity index (χ3v) is 11.2. The molecule has 0 bridgehead atoms. The van der Waals surface area contributed by atoms with Gasteiger partial charge in [0.25, 0.3) is 5.92 Å². The van der Waals surface area contributed by atoms with Crippen LogP contribution in [0.25, 0.3) is 0 Å². The molecule has 2 nitrogen and oxygen atoms in total. The fourth-order valence-electron chi connectivity index (χ4n) is 9.13. The van der Waals surface area contributed by atoms with Crippen molar-refractivity contribution >= 4 is 0 Å². The Labute approximate surface area is 188 Å². The third-order valence-electron chi connectivity index (χ3n) is 11.2. The molecular weight excluding hydrogens is 394 g/mol. The fraction of sp³-hybridized carbons (Fsp3) is 1.00. The lowest BCUT2D eigenvalue weighted by Crippen LogP contribution is -2.54. The second-order valence-electron chi connectivity index (χ2n) is 13.1. The first-order valence-corrected chi connectivity index (χ1v) is 13.1. The summed E-state index contributed by atoms with van der Waals surface area (Å²) in [4.78, 5) is 0. The minimum atomic E-state index is -3.03. The molecule has 180 valence electrons. The third kappa shape index (κ3) is 3.90. The molecule has 4 saturated carbocycles. The van der Waals surface area contributed by atoms with Crippen LogP contribution in [-0.4, -0.2) is 27.8 Å². The molecule has 0 spiro atoms. The summed E-state index contributed by atoms with van der Waals surface area (Å²) in [5, 5.41) is 20.1. The molecule has 0 aromatic heterocycles. The van der Waals surface area contributed by atoms with Gasteiger partial charge in [0.1, 0.15) is 5.60 Å². The molecule has 9 atom stereocenters. The highest BCUT2D eigenvalue weighted by molar-refractivity contribution is 5.09. The van der Waals surface area contributed by atoms with Gasteiger partial charge in [-0.15, -0.1) is 0 Å². The molecule has 0 aromatic rings. The van der Waals surface area contributed by atoms with Gasteiger partial charge in [-0.05, 0) is 124 Å². The highest BCUT2D eigenvalue weighted by Crippen LogP contribution is 2.68. The molecule has 4 aliphatic carbocycles. The summed E-state index contributed by atoms with van der Waals surface area (Å²) in [5.74, 6) is 0.748. The molecule has 0 saturated heterocycles. The summed E-state index contributed by atoms with van der Waals surface area (Å²) in [6.07, 6.45) is 10.8. The summed E-state index contributed by atoms with van der Waals surface area (Å²) in [5.41, 5.74) is -1.28. The molecule has 4 fully saturated rings. The van der Waals surface area contributed by atoms with Crippen LogP contribution < -0.4 is 0 Å². The second kappa shape index (κ2) is 7.93. The maximum absolute atomic E-state index is 14.4. The van der Waals surface area contributed by atoms with E-state index in [1.54, 1.807) is 0 Å². The van der Waals surface area contributed by atoms with Gasteiger partial charge in [-0.3, -0.25) is 0 Å². The molecule has 0 heterocycles. The first kappa shape index (κ1) is 23.9. The SMILES string of the molecule is C[C@H](CCC(F)(F)C(C)(C)O)[C@H]1CC[C@H]2[C@@H]3CC[C@H]4C[C@@H](O)CC[C@]4(C)[C@H]3CC[C@]12C. The maximum Gasteiger partial charge on any atom is 0.275 e. The summed E-state index contributed by atoms with van der Waals surface area (Å²) < 4.78 is 28.8. The number of hydrogen-bond donors (Lipinski definition) is 2. The van der Waals surface area contributed by atoms with Gasteiger partial charge in [-0.2, -0.15) is 0 Å². The Morgan fingerprint density at radius 3 is 2.26 bits per heavy atom. The first-order chi connectivity index (χ1) is 14.3. The van der Waals surface area contributed by atoms with Crippen LogP contribution in [0.3, 0.4) is 0 Å². The molecule has 4 rings (SSSR count). The van der Waals surface area contributed by atoms with E-state index in [2.05, 4.69) is 20.8 Å². The van der Waals surface area contributed by atoms with Gasteiger partial charge < -0.3 is 10.2 Å². The largest absolute Gasteiger partial charge is 0.393 e. The van der Waals surface area contributed by atoms with E-state index in [1.807, 2.05) is 0 Å². The van der Waals surface area contributed by atoms with Gasteiger partial charge in [0, 0.05) is 6.42 Å². The van der Waals surface area contributed by atoms with Gasteiger partial charge in [0.2, 0.25) is 0 Å². The normalized spacial score (nSPS) is 46.7. The summed E-state index contributed by atoms with van der Waals surface area (Å²) >= 11 is 0. The van der Waals surface area contributed by atoms with Crippen molar-refractivity contribution in [2.45, 2.75) is 123 Å². The van der Waals surface area contributed by atoms with Crippen LogP contribution in [0.5, 0.6) is 0 Å². The second-order valence-corrected chi connectivity index (χ2v) is 13.1. The minimum absolute atomic E-state index is 0.0952. The highest BCUT2D eigenvalue weighted by atomic mass is 19.3. The predicted octanol–water partition coefficient (Wildman–Crippen LogP) is 6.83. The molecule has 4 aliphatic rings. The molecular formula is C27H46F2O2. The van der Waals surface area contributed by atoms with Crippen LogP contribution in [0.4, 0.5) is 8.78 Å². The van der Waals surface area contributed by atoms with Crippen LogP contribution >= 0.6 is 0 Å². The van der Waals surface area contributed by atoms with Crippen LogP contribution in [0.1, 0.15) is 105 Å². The summed E-state index contributed by atoms with van der Waals surface area (Å²) in [6.45, 7) is 9.65. The van der Waals surface area contributed by atoms with Crippen molar-refractivity contribution in [3.8, 4) is 0 Å². The summed E-state index contributed by atoms with van der Waals surface area (Å²) in [7, 11) is 0. The lowest BCUT2D eigenvalue weighted by molar-refractivity contribution is -0.168. The van der Waals surface area contributed by atoms with Crippen LogP contribution in [0, 0.1) is 46.3 Å². The zero-order chi connectivity index (χ0) is 22.8. The lowest BCUT2D eigenvalue weighted by Gasteiger charge is -2.61. The molecule has 31 heavy (non-hydrogen) atoms. The van der Waals surface area contributed by atoms with Crippen LogP contribution in [0.15, 0.2) is 0 Å². The molecule has 0 aromatic carbocycles. The number of aliphatic hydroxyl groups is 2. The topological polar surface area (TPSA) is 40.5 Å². The smallest absolute Gasteiger partial charge is 0.275 e. The zero-order valence-electron chi connectivity index (χ0n) is 20.5. The van der Waals surface area contributed by atoms with Crippen LogP contribution in [-0.2, 0) is 0 Å². The Kier molecular flexibility index (Phi) is 6.12. The van der Waals surface area contributed by atoms with Gasteiger partial charge in [-0.1, -0.05) is 20.8 Å². The van der Waals surface area contributed by atoms with Gasteiger partial charge in [-0.25, -0.2) is 8.78 Å². The zero-order valence-corrected chi connectivity index (χ0v) is 20.5.